The van der Waals surface area contributed by atoms with Gasteiger partial charge in [-0.05, 0) is 30.2 Å². The second-order valence-corrected chi connectivity index (χ2v) is 6.61. The van der Waals surface area contributed by atoms with Gasteiger partial charge in [-0.25, -0.2) is 4.79 Å². The lowest BCUT2D eigenvalue weighted by Gasteiger charge is -2.12. The summed E-state index contributed by atoms with van der Waals surface area (Å²) in [6, 6.07) is 12.2. The van der Waals surface area contributed by atoms with Gasteiger partial charge in [0.2, 0.25) is 5.91 Å². The van der Waals surface area contributed by atoms with Crippen LogP contribution in [0.3, 0.4) is 0 Å². The Morgan fingerprint density at radius 1 is 1.07 bits per heavy atom. The van der Waals surface area contributed by atoms with Crippen LogP contribution in [0, 0.1) is 6.92 Å². The highest BCUT2D eigenvalue weighted by atomic mass is 35.5. The Morgan fingerprint density at radius 2 is 1.75 bits per heavy atom. The predicted octanol–water partition coefficient (Wildman–Crippen LogP) is 3.96. The summed E-state index contributed by atoms with van der Waals surface area (Å²) in [7, 11) is 0. The van der Waals surface area contributed by atoms with Crippen molar-refractivity contribution in [1.82, 2.24) is 5.32 Å². The highest BCUT2D eigenvalue weighted by molar-refractivity contribution is 6.40. The number of hydrogen-bond donors (Lipinski definition) is 2. The number of aryl methyl sites for hydroxylation is 1. The van der Waals surface area contributed by atoms with Gasteiger partial charge in [-0.2, -0.15) is 0 Å². The molecule has 28 heavy (non-hydrogen) atoms. The first-order valence-electron chi connectivity index (χ1n) is 8.24. The molecule has 6 nitrogen and oxygen atoms in total. The largest absolute Gasteiger partial charge is 0.451 e. The molecular formula is C20H18Cl2N2O4. The fraction of sp³-hybridized carbons (Fsp3) is 0.150. The van der Waals surface area contributed by atoms with Crippen LogP contribution in [0.1, 0.15) is 18.1 Å². The van der Waals surface area contributed by atoms with Crippen LogP contribution in [0.5, 0.6) is 0 Å². The summed E-state index contributed by atoms with van der Waals surface area (Å²) in [5.41, 5.74) is 1.58. The molecule has 0 saturated heterocycles. The van der Waals surface area contributed by atoms with E-state index in [1.54, 1.807) is 43.3 Å². The molecule has 2 amide bonds. The van der Waals surface area contributed by atoms with Crippen molar-refractivity contribution >= 4 is 52.7 Å². The fourth-order valence-corrected chi connectivity index (χ4v) is 2.67. The van der Waals surface area contributed by atoms with Gasteiger partial charge in [0.25, 0.3) is 5.91 Å². The minimum atomic E-state index is -0.851. The number of carbonyl (C=O) groups excluding carboxylic acids is 3. The highest BCUT2D eigenvalue weighted by Gasteiger charge is 2.17. The number of ether oxygens (including phenoxy) is 1. The van der Waals surface area contributed by atoms with E-state index in [2.05, 4.69) is 10.6 Å². The van der Waals surface area contributed by atoms with Crippen LogP contribution in [0.25, 0.3) is 6.08 Å². The fourth-order valence-electron chi connectivity index (χ4n) is 2.21. The van der Waals surface area contributed by atoms with Crippen molar-refractivity contribution in [3.05, 3.63) is 69.3 Å². The lowest BCUT2D eigenvalue weighted by Crippen LogP contribution is -2.29. The molecule has 0 spiro atoms. The van der Waals surface area contributed by atoms with E-state index in [0.29, 0.717) is 10.6 Å². The number of carbonyl (C=O) groups is 3. The number of rotatable bonds is 6. The number of esters is 1. The molecule has 0 fully saturated rings. The van der Waals surface area contributed by atoms with Gasteiger partial charge >= 0.3 is 5.97 Å². The average Bonchev–Trinajstić information content (AvgIpc) is 2.66. The van der Waals surface area contributed by atoms with Crippen LogP contribution >= 0.6 is 23.2 Å². The third-order valence-electron chi connectivity index (χ3n) is 3.52. The molecule has 0 aliphatic heterocycles. The van der Waals surface area contributed by atoms with Crippen LogP contribution in [0.4, 0.5) is 5.69 Å². The molecule has 8 heteroatoms. The van der Waals surface area contributed by atoms with E-state index in [9.17, 15) is 14.4 Å². The molecule has 0 heterocycles. The zero-order chi connectivity index (χ0) is 20.7. The SMILES string of the molecule is CC(=O)N/C(=C/c1ccccc1)C(=O)OCC(=O)Nc1c(Cl)ccc(C)c1Cl. The van der Waals surface area contributed by atoms with Crippen molar-refractivity contribution < 1.29 is 19.1 Å². The molecule has 2 aromatic rings. The second kappa shape index (κ2) is 9.92. The molecule has 0 aliphatic rings. The van der Waals surface area contributed by atoms with Crippen LogP contribution in [0.2, 0.25) is 10.0 Å². The van der Waals surface area contributed by atoms with Gasteiger partial charge < -0.3 is 15.4 Å². The first kappa shape index (κ1) is 21.5. The minimum absolute atomic E-state index is 0.0851. The summed E-state index contributed by atoms with van der Waals surface area (Å²) >= 11 is 12.2. The zero-order valence-corrected chi connectivity index (χ0v) is 16.7. The lowest BCUT2D eigenvalue weighted by atomic mass is 10.2. The average molecular weight is 421 g/mol. The Hall–Kier alpha value is -2.83. The van der Waals surface area contributed by atoms with Crippen molar-refractivity contribution in [2.24, 2.45) is 0 Å². The normalized spacial score (nSPS) is 10.9. The summed E-state index contributed by atoms with van der Waals surface area (Å²) in [5.74, 6) is -1.91. The van der Waals surface area contributed by atoms with Crippen LogP contribution < -0.4 is 10.6 Å². The number of halogens is 2. The quantitative estimate of drug-likeness (QED) is 0.546. The van der Waals surface area contributed by atoms with E-state index >= 15 is 0 Å². The molecule has 2 N–H and O–H groups in total. The van der Waals surface area contributed by atoms with E-state index < -0.39 is 24.4 Å². The Kier molecular flexibility index (Phi) is 7.61. The van der Waals surface area contributed by atoms with Crippen molar-refractivity contribution in [2.45, 2.75) is 13.8 Å². The van der Waals surface area contributed by atoms with Gasteiger partial charge in [-0.3, -0.25) is 9.59 Å². The molecule has 0 unspecified atom stereocenters. The van der Waals surface area contributed by atoms with E-state index in [4.69, 9.17) is 27.9 Å². The van der Waals surface area contributed by atoms with Gasteiger partial charge in [-0.1, -0.05) is 59.6 Å². The smallest absolute Gasteiger partial charge is 0.355 e. The maximum atomic E-state index is 12.3. The van der Waals surface area contributed by atoms with Crippen molar-refractivity contribution in [3.63, 3.8) is 0 Å². The third kappa shape index (κ3) is 6.11. The van der Waals surface area contributed by atoms with E-state index in [1.165, 1.54) is 13.0 Å². The Balaban J connectivity index is 2.06. The van der Waals surface area contributed by atoms with Crippen molar-refractivity contribution in [1.29, 1.82) is 0 Å². The highest BCUT2D eigenvalue weighted by Crippen LogP contribution is 2.32. The maximum Gasteiger partial charge on any atom is 0.355 e. The summed E-state index contributed by atoms with van der Waals surface area (Å²) in [5, 5.41) is 5.48. The van der Waals surface area contributed by atoms with Crippen LogP contribution in [0.15, 0.2) is 48.2 Å². The number of nitrogens with one attached hydrogen (secondary N) is 2. The van der Waals surface area contributed by atoms with Gasteiger partial charge in [0.05, 0.1) is 15.7 Å². The van der Waals surface area contributed by atoms with Gasteiger partial charge in [-0.15, -0.1) is 0 Å². The Morgan fingerprint density at radius 3 is 2.39 bits per heavy atom. The minimum Gasteiger partial charge on any atom is -0.451 e. The van der Waals surface area contributed by atoms with Crippen molar-refractivity contribution in [3.8, 4) is 0 Å². The topological polar surface area (TPSA) is 84.5 Å². The molecule has 0 aromatic heterocycles. The third-order valence-corrected chi connectivity index (χ3v) is 4.33. The Labute approximate surface area is 172 Å². The molecule has 0 bridgehead atoms. The summed E-state index contributed by atoms with van der Waals surface area (Å²) in [6.45, 7) is 2.45. The Bertz CT molecular complexity index is 927. The molecule has 0 atom stereocenters. The molecule has 2 aromatic carbocycles. The van der Waals surface area contributed by atoms with Gasteiger partial charge in [0.15, 0.2) is 6.61 Å². The molecular weight excluding hydrogens is 403 g/mol. The lowest BCUT2D eigenvalue weighted by molar-refractivity contribution is -0.144. The van der Waals surface area contributed by atoms with Crippen molar-refractivity contribution in [2.75, 3.05) is 11.9 Å². The summed E-state index contributed by atoms with van der Waals surface area (Å²) in [4.78, 5) is 35.8. The van der Waals surface area contributed by atoms with E-state index in [0.717, 1.165) is 5.56 Å². The first-order chi connectivity index (χ1) is 13.3. The monoisotopic (exact) mass is 420 g/mol. The van der Waals surface area contributed by atoms with Crippen LogP contribution in [-0.4, -0.2) is 24.4 Å². The van der Waals surface area contributed by atoms with Gasteiger partial charge in [0.1, 0.15) is 5.70 Å². The molecule has 0 aliphatic carbocycles. The zero-order valence-electron chi connectivity index (χ0n) is 15.2. The number of benzene rings is 2. The predicted molar refractivity (Wildman–Crippen MR) is 109 cm³/mol. The number of anilines is 1. The summed E-state index contributed by atoms with van der Waals surface area (Å²) in [6.07, 6.45) is 1.45. The molecule has 0 radical (unpaired) electrons. The summed E-state index contributed by atoms with van der Waals surface area (Å²) < 4.78 is 5.00. The molecule has 2 rings (SSSR count). The van der Waals surface area contributed by atoms with Crippen LogP contribution in [-0.2, 0) is 19.1 Å². The number of amides is 2. The second-order valence-electron chi connectivity index (χ2n) is 5.83. The standard InChI is InChI=1S/C20H18Cl2N2O4/c1-12-8-9-15(21)19(18(12)22)24-17(26)11-28-20(27)16(23-13(2)25)10-14-6-4-3-5-7-14/h3-10H,11H2,1-2H3,(H,23,25)(H,24,26)/b16-10+. The van der Waals surface area contributed by atoms with E-state index in [-0.39, 0.29) is 16.4 Å². The molecule has 0 saturated carbocycles. The van der Waals surface area contributed by atoms with E-state index in [1.807, 2.05) is 6.07 Å². The maximum absolute atomic E-state index is 12.3. The van der Waals surface area contributed by atoms with Gasteiger partial charge in [0, 0.05) is 6.92 Å². The molecule has 146 valence electrons. The first-order valence-corrected chi connectivity index (χ1v) is 8.99. The number of hydrogen-bond acceptors (Lipinski definition) is 4.